The molecule has 0 aromatic heterocycles. The lowest BCUT2D eigenvalue weighted by atomic mass is 10.3. The van der Waals surface area contributed by atoms with Crippen LogP contribution in [0.3, 0.4) is 0 Å². The summed E-state index contributed by atoms with van der Waals surface area (Å²) >= 11 is 0. The van der Waals surface area contributed by atoms with Crippen molar-refractivity contribution < 1.29 is 14.7 Å². The SMILES string of the molecule is C=C/C=C(/C)C=C.NCC(=O)NCC(=O)O. The number of carboxylic acid groups (broad SMARTS) is 1. The molecular weight excluding hydrogens is 208 g/mol. The third kappa shape index (κ3) is 14.6. The summed E-state index contributed by atoms with van der Waals surface area (Å²) in [5.41, 5.74) is 6.00. The second-order valence-electron chi connectivity index (χ2n) is 2.73. The minimum atomic E-state index is -1.07. The third-order valence-electron chi connectivity index (χ3n) is 1.32. The second kappa shape index (κ2) is 11.2. The Bertz CT molecular complexity index is 283. The van der Waals surface area contributed by atoms with Crippen molar-refractivity contribution >= 4 is 11.9 Å². The average Bonchev–Trinajstić information content (AvgIpc) is 2.26. The highest BCUT2D eigenvalue weighted by Gasteiger charge is 1.98. The maximum absolute atomic E-state index is 10.2. The first-order valence-electron chi connectivity index (χ1n) is 4.58. The first kappa shape index (κ1) is 16.5. The van der Waals surface area contributed by atoms with Crippen LogP contribution >= 0.6 is 0 Å². The Hall–Kier alpha value is -1.88. The second-order valence-corrected chi connectivity index (χ2v) is 2.73. The molecule has 0 atom stereocenters. The van der Waals surface area contributed by atoms with Gasteiger partial charge in [0.25, 0.3) is 0 Å². The number of nitrogens with one attached hydrogen (secondary N) is 1. The number of rotatable bonds is 5. The van der Waals surface area contributed by atoms with Gasteiger partial charge in [-0.3, -0.25) is 9.59 Å². The molecule has 0 rings (SSSR count). The molecular formula is C11H18N2O3. The van der Waals surface area contributed by atoms with E-state index in [0.717, 1.165) is 5.57 Å². The van der Waals surface area contributed by atoms with Crippen LogP contribution in [0.1, 0.15) is 6.92 Å². The number of allylic oxidation sites excluding steroid dienone is 4. The zero-order chi connectivity index (χ0) is 13.0. The van der Waals surface area contributed by atoms with Crippen molar-refractivity contribution in [1.82, 2.24) is 5.32 Å². The van der Waals surface area contributed by atoms with Crippen molar-refractivity contribution in [3.8, 4) is 0 Å². The number of aliphatic carboxylic acids is 1. The summed E-state index contributed by atoms with van der Waals surface area (Å²) in [6.07, 6.45) is 5.45. The van der Waals surface area contributed by atoms with Crippen LogP contribution < -0.4 is 11.1 Å². The molecule has 4 N–H and O–H groups in total. The smallest absolute Gasteiger partial charge is 0.322 e. The molecule has 0 aliphatic heterocycles. The van der Waals surface area contributed by atoms with Crippen LogP contribution in [0.5, 0.6) is 0 Å². The van der Waals surface area contributed by atoms with Crippen LogP contribution in [-0.2, 0) is 9.59 Å². The Kier molecular flexibility index (Phi) is 11.6. The molecule has 0 heterocycles. The van der Waals surface area contributed by atoms with E-state index in [1.165, 1.54) is 0 Å². The first-order valence-corrected chi connectivity index (χ1v) is 4.58. The number of carbonyl (C=O) groups is 2. The number of hydrogen-bond donors (Lipinski definition) is 3. The van der Waals surface area contributed by atoms with Gasteiger partial charge in [-0.1, -0.05) is 37.0 Å². The zero-order valence-corrected chi connectivity index (χ0v) is 9.40. The van der Waals surface area contributed by atoms with Gasteiger partial charge in [0.2, 0.25) is 5.91 Å². The van der Waals surface area contributed by atoms with Gasteiger partial charge in [0.05, 0.1) is 6.54 Å². The molecule has 0 saturated heterocycles. The molecule has 16 heavy (non-hydrogen) atoms. The minimum Gasteiger partial charge on any atom is -0.480 e. The molecule has 5 heteroatoms. The van der Waals surface area contributed by atoms with E-state index in [1.807, 2.05) is 13.0 Å². The highest BCUT2D eigenvalue weighted by atomic mass is 16.4. The number of carbonyl (C=O) groups excluding carboxylic acids is 1. The van der Waals surface area contributed by atoms with Crippen LogP contribution in [0.4, 0.5) is 0 Å². The number of hydrogen-bond acceptors (Lipinski definition) is 3. The van der Waals surface area contributed by atoms with E-state index < -0.39 is 11.9 Å². The van der Waals surface area contributed by atoms with Crippen molar-refractivity contribution in [2.45, 2.75) is 6.92 Å². The van der Waals surface area contributed by atoms with Crippen molar-refractivity contribution in [3.63, 3.8) is 0 Å². The van der Waals surface area contributed by atoms with Gasteiger partial charge in [-0.25, -0.2) is 0 Å². The molecule has 0 aromatic rings. The highest BCUT2D eigenvalue weighted by molar-refractivity contribution is 5.82. The molecule has 0 saturated carbocycles. The third-order valence-corrected chi connectivity index (χ3v) is 1.32. The summed E-state index contributed by atoms with van der Waals surface area (Å²) in [6, 6.07) is 0. The zero-order valence-electron chi connectivity index (χ0n) is 9.40. The van der Waals surface area contributed by atoms with Gasteiger partial charge in [-0.05, 0) is 6.92 Å². The normalized spacial score (nSPS) is 9.50. The van der Waals surface area contributed by atoms with E-state index in [2.05, 4.69) is 18.5 Å². The van der Waals surface area contributed by atoms with Crippen LogP contribution in [0, 0.1) is 0 Å². The summed E-state index contributed by atoms with van der Waals surface area (Å²) in [5, 5.41) is 10.1. The average molecular weight is 226 g/mol. The highest BCUT2D eigenvalue weighted by Crippen LogP contribution is 1.90. The standard InChI is InChI=1S/C7H10.C4H8N2O3/c1-4-6-7(3)5-2;5-1-3(7)6-2-4(8)9/h4-6H,1-2H2,3H3;1-2,5H2,(H,6,7)(H,8,9)/b7-6-;. The number of carboxylic acids is 1. The van der Waals surface area contributed by atoms with Gasteiger partial charge in [-0.2, -0.15) is 0 Å². The fraction of sp³-hybridized carbons (Fsp3) is 0.273. The lowest BCUT2D eigenvalue weighted by Crippen LogP contribution is -2.34. The van der Waals surface area contributed by atoms with Crippen LogP contribution in [0.25, 0.3) is 0 Å². The van der Waals surface area contributed by atoms with Crippen molar-refractivity contribution in [2.24, 2.45) is 5.73 Å². The van der Waals surface area contributed by atoms with Gasteiger partial charge in [0.15, 0.2) is 0 Å². The monoisotopic (exact) mass is 226 g/mol. The van der Waals surface area contributed by atoms with Gasteiger partial charge in [-0.15, -0.1) is 0 Å². The van der Waals surface area contributed by atoms with Gasteiger partial charge in [0, 0.05) is 0 Å². The fourth-order valence-corrected chi connectivity index (χ4v) is 0.500. The molecule has 0 unspecified atom stereocenters. The predicted octanol–water partition coefficient (Wildman–Crippen LogP) is 0.451. The van der Waals surface area contributed by atoms with E-state index in [1.54, 1.807) is 12.2 Å². The van der Waals surface area contributed by atoms with Crippen LogP contribution in [-0.4, -0.2) is 30.1 Å². The summed E-state index contributed by atoms with van der Waals surface area (Å²) in [7, 11) is 0. The summed E-state index contributed by atoms with van der Waals surface area (Å²) in [4.78, 5) is 20.0. The number of nitrogens with two attached hydrogens (primary N) is 1. The van der Waals surface area contributed by atoms with E-state index in [9.17, 15) is 9.59 Å². The lowest BCUT2D eigenvalue weighted by molar-refractivity contribution is -0.137. The molecule has 0 fully saturated rings. The van der Waals surface area contributed by atoms with Gasteiger partial charge < -0.3 is 16.2 Å². The Labute approximate surface area is 95.3 Å². The number of amides is 1. The van der Waals surface area contributed by atoms with E-state index in [0.29, 0.717) is 0 Å². The molecule has 1 amide bonds. The molecule has 0 bridgehead atoms. The van der Waals surface area contributed by atoms with E-state index >= 15 is 0 Å². The largest absolute Gasteiger partial charge is 0.480 e. The van der Waals surface area contributed by atoms with Gasteiger partial charge in [0.1, 0.15) is 6.54 Å². The first-order chi connectivity index (χ1) is 7.47. The van der Waals surface area contributed by atoms with Crippen LogP contribution in [0.15, 0.2) is 37.0 Å². The lowest BCUT2D eigenvalue weighted by Gasteiger charge is -1.95. The summed E-state index contributed by atoms with van der Waals surface area (Å²) < 4.78 is 0. The minimum absolute atomic E-state index is 0.173. The fourth-order valence-electron chi connectivity index (χ4n) is 0.500. The van der Waals surface area contributed by atoms with Crippen molar-refractivity contribution in [1.29, 1.82) is 0 Å². The molecule has 0 aliphatic carbocycles. The molecule has 0 spiro atoms. The topological polar surface area (TPSA) is 92.4 Å². The quantitative estimate of drug-likeness (QED) is 0.593. The van der Waals surface area contributed by atoms with Crippen molar-refractivity contribution in [2.75, 3.05) is 13.1 Å². The Balaban J connectivity index is 0. The molecule has 0 aromatic carbocycles. The Morgan fingerprint density at radius 1 is 1.44 bits per heavy atom. The van der Waals surface area contributed by atoms with E-state index in [4.69, 9.17) is 10.8 Å². The van der Waals surface area contributed by atoms with Crippen LogP contribution in [0.2, 0.25) is 0 Å². The van der Waals surface area contributed by atoms with Gasteiger partial charge >= 0.3 is 5.97 Å². The predicted molar refractivity (Wildman–Crippen MR) is 63.9 cm³/mol. The maximum Gasteiger partial charge on any atom is 0.322 e. The van der Waals surface area contributed by atoms with E-state index in [-0.39, 0.29) is 13.1 Å². The maximum atomic E-state index is 10.2. The molecule has 0 aliphatic rings. The summed E-state index contributed by atoms with van der Waals surface area (Å²) in [6.45, 7) is 8.53. The summed E-state index contributed by atoms with van der Waals surface area (Å²) in [5.74, 6) is -1.53. The molecule has 5 nitrogen and oxygen atoms in total. The molecule has 0 radical (unpaired) electrons. The Morgan fingerprint density at radius 2 is 2.00 bits per heavy atom. The van der Waals surface area contributed by atoms with Crippen molar-refractivity contribution in [3.05, 3.63) is 37.0 Å². The Morgan fingerprint density at radius 3 is 2.25 bits per heavy atom. The molecule has 90 valence electrons.